The van der Waals surface area contributed by atoms with Gasteiger partial charge in [0, 0.05) is 18.3 Å². The number of carbonyl (C=O) groups is 1. The molecule has 0 bridgehead atoms. The summed E-state index contributed by atoms with van der Waals surface area (Å²) >= 11 is 0. The molecular weight excluding hydrogens is 238 g/mol. The highest BCUT2D eigenvalue weighted by atomic mass is 16.2. The number of nitrogens with zero attached hydrogens (tertiary/aromatic N) is 2. The quantitative estimate of drug-likeness (QED) is 0.833. The standard InChI is InChI=1S/C15H13N3O/c1-18(14-8-3-2-5-12(14)10-16)15(19)11-6-4-7-13(17)9-11/h2-9H,17H2,1H3. The van der Waals surface area contributed by atoms with E-state index in [4.69, 9.17) is 11.0 Å². The Morgan fingerprint density at radius 2 is 1.95 bits per heavy atom. The van der Waals surface area contributed by atoms with Crippen LogP contribution < -0.4 is 10.6 Å². The van der Waals surface area contributed by atoms with Crippen molar-refractivity contribution in [2.75, 3.05) is 17.7 Å². The van der Waals surface area contributed by atoms with Crippen LogP contribution in [-0.2, 0) is 0 Å². The van der Waals surface area contributed by atoms with Gasteiger partial charge in [0.15, 0.2) is 0 Å². The van der Waals surface area contributed by atoms with Crippen LogP contribution in [0.5, 0.6) is 0 Å². The lowest BCUT2D eigenvalue weighted by Crippen LogP contribution is -2.27. The largest absolute Gasteiger partial charge is 0.399 e. The van der Waals surface area contributed by atoms with E-state index in [1.165, 1.54) is 4.90 Å². The maximum atomic E-state index is 12.3. The summed E-state index contributed by atoms with van der Waals surface area (Å²) in [6, 6.07) is 15.8. The lowest BCUT2D eigenvalue weighted by atomic mass is 10.1. The van der Waals surface area contributed by atoms with Gasteiger partial charge in [0.1, 0.15) is 6.07 Å². The molecule has 1 amide bonds. The second-order valence-corrected chi connectivity index (χ2v) is 4.12. The third-order valence-electron chi connectivity index (χ3n) is 2.82. The van der Waals surface area contributed by atoms with Gasteiger partial charge in [0.2, 0.25) is 0 Å². The van der Waals surface area contributed by atoms with Gasteiger partial charge in [-0.1, -0.05) is 18.2 Å². The van der Waals surface area contributed by atoms with Crippen LogP contribution in [0.25, 0.3) is 0 Å². The summed E-state index contributed by atoms with van der Waals surface area (Å²) in [7, 11) is 1.64. The molecular formula is C15H13N3O. The lowest BCUT2D eigenvalue weighted by Gasteiger charge is -2.18. The molecule has 0 heterocycles. The van der Waals surface area contributed by atoms with Crippen molar-refractivity contribution >= 4 is 17.3 Å². The zero-order valence-corrected chi connectivity index (χ0v) is 10.5. The van der Waals surface area contributed by atoms with Crippen molar-refractivity contribution < 1.29 is 4.79 Å². The van der Waals surface area contributed by atoms with E-state index in [1.54, 1.807) is 55.6 Å². The van der Waals surface area contributed by atoms with E-state index in [9.17, 15) is 4.79 Å². The molecule has 0 aliphatic rings. The average molecular weight is 251 g/mol. The van der Waals surface area contributed by atoms with Gasteiger partial charge in [0.25, 0.3) is 5.91 Å². The number of hydrogen-bond donors (Lipinski definition) is 1. The summed E-state index contributed by atoms with van der Waals surface area (Å²) < 4.78 is 0. The van der Waals surface area contributed by atoms with Crippen molar-refractivity contribution in [1.29, 1.82) is 5.26 Å². The van der Waals surface area contributed by atoms with Gasteiger partial charge in [0.05, 0.1) is 11.3 Å². The van der Waals surface area contributed by atoms with Crippen LogP contribution in [0.2, 0.25) is 0 Å². The van der Waals surface area contributed by atoms with Crippen molar-refractivity contribution in [1.82, 2.24) is 0 Å². The summed E-state index contributed by atoms with van der Waals surface area (Å²) in [5.41, 5.74) is 7.74. The predicted octanol–water partition coefficient (Wildman–Crippen LogP) is 2.42. The Hall–Kier alpha value is -2.80. The average Bonchev–Trinajstić information content (AvgIpc) is 2.45. The Bertz CT molecular complexity index is 658. The normalized spacial score (nSPS) is 9.68. The summed E-state index contributed by atoms with van der Waals surface area (Å²) in [5.74, 6) is -0.199. The smallest absolute Gasteiger partial charge is 0.258 e. The van der Waals surface area contributed by atoms with Crippen molar-refractivity contribution in [3.8, 4) is 6.07 Å². The first-order valence-electron chi connectivity index (χ1n) is 5.76. The number of benzene rings is 2. The molecule has 0 aromatic heterocycles. The minimum absolute atomic E-state index is 0.199. The van der Waals surface area contributed by atoms with Crippen LogP contribution >= 0.6 is 0 Å². The second kappa shape index (κ2) is 5.23. The van der Waals surface area contributed by atoms with E-state index in [0.717, 1.165) is 0 Å². The minimum Gasteiger partial charge on any atom is -0.399 e. The molecule has 0 saturated heterocycles. The van der Waals surface area contributed by atoms with Crippen molar-refractivity contribution in [2.24, 2.45) is 0 Å². The number of hydrogen-bond acceptors (Lipinski definition) is 3. The fourth-order valence-corrected chi connectivity index (χ4v) is 1.84. The Balaban J connectivity index is 2.37. The van der Waals surface area contributed by atoms with Crippen LogP contribution in [0, 0.1) is 11.3 Å². The molecule has 0 saturated carbocycles. The van der Waals surface area contributed by atoms with Crippen molar-refractivity contribution in [2.45, 2.75) is 0 Å². The summed E-state index contributed by atoms with van der Waals surface area (Å²) in [6.07, 6.45) is 0. The monoisotopic (exact) mass is 251 g/mol. The predicted molar refractivity (Wildman–Crippen MR) is 74.7 cm³/mol. The molecule has 0 fully saturated rings. The maximum Gasteiger partial charge on any atom is 0.258 e. The number of amides is 1. The van der Waals surface area contributed by atoms with E-state index in [0.29, 0.717) is 22.5 Å². The van der Waals surface area contributed by atoms with Crippen molar-refractivity contribution in [3.63, 3.8) is 0 Å². The highest BCUT2D eigenvalue weighted by Gasteiger charge is 2.16. The number of para-hydroxylation sites is 1. The molecule has 4 nitrogen and oxygen atoms in total. The second-order valence-electron chi connectivity index (χ2n) is 4.12. The molecule has 2 aromatic carbocycles. The molecule has 19 heavy (non-hydrogen) atoms. The van der Waals surface area contributed by atoms with E-state index in [1.807, 2.05) is 0 Å². The molecule has 2 aromatic rings. The van der Waals surface area contributed by atoms with Crippen LogP contribution in [0.4, 0.5) is 11.4 Å². The van der Waals surface area contributed by atoms with Gasteiger partial charge >= 0.3 is 0 Å². The van der Waals surface area contributed by atoms with Gasteiger partial charge < -0.3 is 10.6 Å². The Kier molecular flexibility index (Phi) is 3.48. The Labute approximate surface area is 111 Å². The minimum atomic E-state index is -0.199. The number of nitrogens with two attached hydrogens (primary N) is 1. The Morgan fingerprint density at radius 1 is 1.21 bits per heavy atom. The van der Waals surface area contributed by atoms with Gasteiger partial charge in [-0.2, -0.15) is 5.26 Å². The molecule has 0 unspecified atom stereocenters. The Morgan fingerprint density at radius 3 is 2.63 bits per heavy atom. The first-order chi connectivity index (χ1) is 9.13. The summed E-state index contributed by atoms with van der Waals surface area (Å²) in [6.45, 7) is 0. The van der Waals surface area contributed by atoms with Gasteiger partial charge in [-0.3, -0.25) is 4.79 Å². The molecule has 0 spiro atoms. The zero-order chi connectivity index (χ0) is 13.8. The number of rotatable bonds is 2. The number of carbonyl (C=O) groups excluding carboxylic acids is 1. The number of nitrogen functional groups attached to an aromatic ring is 1. The molecule has 0 atom stereocenters. The molecule has 0 aliphatic carbocycles. The third kappa shape index (κ3) is 2.55. The van der Waals surface area contributed by atoms with E-state index >= 15 is 0 Å². The van der Waals surface area contributed by atoms with Crippen LogP contribution in [0.3, 0.4) is 0 Å². The first-order valence-corrected chi connectivity index (χ1v) is 5.76. The van der Waals surface area contributed by atoms with E-state index < -0.39 is 0 Å². The van der Waals surface area contributed by atoms with Crippen LogP contribution in [0.1, 0.15) is 15.9 Å². The van der Waals surface area contributed by atoms with E-state index in [-0.39, 0.29) is 5.91 Å². The zero-order valence-electron chi connectivity index (χ0n) is 10.5. The topological polar surface area (TPSA) is 70.1 Å². The molecule has 0 aliphatic heterocycles. The molecule has 4 heteroatoms. The SMILES string of the molecule is CN(C(=O)c1cccc(N)c1)c1ccccc1C#N. The fraction of sp³-hybridized carbons (Fsp3) is 0.0667. The molecule has 2 rings (SSSR count). The van der Waals surface area contributed by atoms with Crippen molar-refractivity contribution in [3.05, 3.63) is 59.7 Å². The third-order valence-corrected chi connectivity index (χ3v) is 2.82. The lowest BCUT2D eigenvalue weighted by molar-refractivity contribution is 0.0993. The number of nitriles is 1. The molecule has 0 radical (unpaired) electrons. The summed E-state index contributed by atoms with van der Waals surface area (Å²) in [5, 5.41) is 9.06. The molecule has 94 valence electrons. The highest BCUT2D eigenvalue weighted by Crippen LogP contribution is 2.20. The number of anilines is 2. The van der Waals surface area contributed by atoms with Gasteiger partial charge in [-0.15, -0.1) is 0 Å². The van der Waals surface area contributed by atoms with Crippen LogP contribution in [-0.4, -0.2) is 13.0 Å². The first kappa shape index (κ1) is 12.7. The van der Waals surface area contributed by atoms with Gasteiger partial charge in [-0.25, -0.2) is 0 Å². The van der Waals surface area contributed by atoms with E-state index in [2.05, 4.69) is 6.07 Å². The summed E-state index contributed by atoms with van der Waals surface area (Å²) in [4.78, 5) is 13.8. The maximum absolute atomic E-state index is 12.3. The highest BCUT2D eigenvalue weighted by molar-refractivity contribution is 6.06. The molecule has 2 N–H and O–H groups in total. The fourth-order valence-electron chi connectivity index (χ4n) is 1.84. The van der Waals surface area contributed by atoms with Gasteiger partial charge in [-0.05, 0) is 30.3 Å². The van der Waals surface area contributed by atoms with Crippen LogP contribution in [0.15, 0.2) is 48.5 Å².